The van der Waals surface area contributed by atoms with Crippen molar-refractivity contribution in [3.8, 4) is 0 Å². The molecule has 0 spiro atoms. The van der Waals surface area contributed by atoms with Crippen molar-refractivity contribution in [2.75, 3.05) is 0 Å². The molecule has 0 unspecified atom stereocenters. The zero-order valence-electron chi connectivity index (χ0n) is 7.95. The summed E-state index contributed by atoms with van der Waals surface area (Å²) in [5.74, 6) is 1.55. The van der Waals surface area contributed by atoms with Crippen molar-refractivity contribution in [2.45, 2.75) is 20.0 Å². The molecule has 0 bridgehead atoms. The highest BCUT2D eigenvalue weighted by atomic mass is 16.4. The molecule has 0 aliphatic heterocycles. The van der Waals surface area contributed by atoms with E-state index in [0.717, 1.165) is 18.0 Å². The molecule has 0 aliphatic carbocycles. The van der Waals surface area contributed by atoms with Gasteiger partial charge in [-0.2, -0.15) is 0 Å². The Hall–Kier alpha value is -1.62. The molecular formula is C9H12N4O. The molecule has 0 amide bonds. The highest BCUT2D eigenvalue weighted by Gasteiger charge is 1.99. The molecule has 0 saturated carbocycles. The quantitative estimate of drug-likeness (QED) is 0.758. The number of imidazole rings is 1. The zero-order valence-corrected chi connectivity index (χ0v) is 7.95. The largest absolute Gasteiger partial charge is 0.445 e. The summed E-state index contributed by atoms with van der Waals surface area (Å²) in [5.41, 5.74) is 1.05. The third-order valence-corrected chi connectivity index (χ3v) is 1.82. The van der Waals surface area contributed by atoms with Crippen LogP contribution >= 0.6 is 0 Å². The fourth-order valence-corrected chi connectivity index (χ4v) is 1.17. The van der Waals surface area contributed by atoms with Gasteiger partial charge in [0.25, 0.3) is 0 Å². The first-order chi connectivity index (χ1) is 6.84. The van der Waals surface area contributed by atoms with Gasteiger partial charge in [0, 0.05) is 18.4 Å². The number of nitrogens with one attached hydrogen (secondary N) is 2. The average Bonchev–Trinajstić information content (AvgIpc) is 2.77. The molecule has 14 heavy (non-hydrogen) atoms. The molecule has 2 heterocycles. The Balaban J connectivity index is 1.78. The average molecular weight is 192 g/mol. The van der Waals surface area contributed by atoms with Crippen LogP contribution in [0.3, 0.4) is 0 Å². The van der Waals surface area contributed by atoms with E-state index in [1.807, 2.05) is 6.92 Å². The first-order valence-electron chi connectivity index (χ1n) is 4.44. The summed E-state index contributed by atoms with van der Waals surface area (Å²) in [6.45, 7) is 3.25. The second-order valence-electron chi connectivity index (χ2n) is 3.05. The van der Waals surface area contributed by atoms with E-state index in [1.165, 1.54) is 0 Å². The van der Waals surface area contributed by atoms with E-state index in [-0.39, 0.29) is 0 Å². The van der Waals surface area contributed by atoms with Crippen LogP contribution in [0, 0.1) is 6.92 Å². The maximum absolute atomic E-state index is 5.30. The fraction of sp³-hybridized carbons (Fsp3) is 0.333. The van der Waals surface area contributed by atoms with Crippen molar-refractivity contribution < 1.29 is 4.42 Å². The van der Waals surface area contributed by atoms with Gasteiger partial charge < -0.3 is 14.7 Å². The first-order valence-corrected chi connectivity index (χ1v) is 4.44. The molecule has 0 atom stereocenters. The minimum absolute atomic E-state index is 0.632. The lowest BCUT2D eigenvalue weighted by Gasteiger charge is -1.98. The van der Waals surface area contributed by atoms with E-state index in [2.05, 4.69) is 20.3 Å². The second kappa shape index (κ2) is 4.06. The third kappa shape index (κ3) is 2.20. The molecule has 2 aromatic heterocycles. The number of hydrogen-bond donors (Lipinski definition) is 2. The van der Waals surface area contributed by atoms with Crippen LogP contribution in [-0.2, 0) is 13.1 Å². The molecule has 2 N–H and O–H groups in total. The van der Waals surface area contributed by atoms with Crippen molar-refractivity contribution in [3.63, 3.8) is 0 Å². The van der Waals surface area contributed by atoms with Gasteiger partial charge in [0.15, 0.2) is 0 Å². The zero-order chi connectivity index (χ0) is 9.80. The summed E-state index contributed by atoms with van der Waals surface area (Å²) < 4.78 is 5.30. The van der Waals surface area contributed by atoms with Gasteiger partial charge in [-0.25, -0.2) is 9.97 Å². The monoisotopic (exact) mass is 192 g/mol. The summed E-state index contributed by atoms with van der Waals surface area (Å²) in [7, 11) is 0. The lowest BCUT2D eigenvalue weighted by molar-refractivity contribution is 0.448. The Bertz CT molecular complexity index is 379. The highest BCUT2D eigenvalue weighted by molar-refractivity contribution is 4.94. The Kier molecular flexibility index (Phi) is 2.60. The lowest BCUT2D eigenvalue weighted by Crippen LogP contribution is -2.12. The number of aromatic nitrogens is 3. The van der Waals surface area contributed by atoms with Crippen molar-refractivity contribution in [1.29, 1.82) is 0 Å². The van der Waals surface area contributed by atoms with Crippen molar-refractivity contribution in [2.24, 2.45) is 0 Å². The number of H-pyrrole nitrogens is 1. The van der Waals surface area contributed by atoms with Gasteiger partial charge in [0.1, 0.15) is 5.76 Å². The van der Waals surface area contributed by atoms with Crippen molar-refractivity contribution in [3.05, 3.63) is 36.1 Å². The fourth-order valence-electron chi connectivity index (χ4n) is 1.17. The van der Waals surface area contributed by atoms with Gasteiger partial charge in [-0.15, -0.1) is 0 Å². The first kappa shape index (κ1) is 8.96. The smallest absolute Gasteiger partial charge is 0.208 e. The van der Waals surface area contributed by atoms with Crippen LogP contribution in [0.15, 0.2) is 23.1 Å². The molecule has 0 aromatic carbocycles. The number of aryl methyl sites for hydroxylation is 1. The van der Waals surface area contributed by atoms with Crippen LogP contribution in [0.25, 0.3) is 0 Å². The van der Waals surface area contributed by atoms with Gasteiger partial charge in [0.05, 0.1) is 19.1 Å². The van der Waals surface area contributed by atoms with E-state index >= 15 is 0 Å². The Morgan fingerprint density at radius 1 is 1.43 bits per heavy atom. The van der Waals surface area contributed by atoms with E-state index in [9.17, 15) is 0 Å². The summed E-state index contributed by atoms with van der Waals surface area (Å²) in [4.78, 5) is 11.0. The summed E-state index contributed by atoms with van der Waals surface area (Å²) >= 11 is 0. The SMILES string of the molecule is Cc1cnc(CNCc2cnc[nH]2)o1. The van der Waals surface area contributed by atoms with E-state index < -0.39 is 0 Å². The number of nitrogens with zero attached hydrogens (tertiary/aromatic N) is 2. The van der Waals surface area contributed by atoms with Crippen LogP contribution in [0.4, 0.5) is 0 Å². The van der Waals surface area contributed by atoms with Gasteiger partial charge in [-0.1, -0.05) is 0 Å². The summed E-state index contributed by atoms with van der Waals surface area (Å²) in [6.07, 6.45) is 5.16. The summed E-state index contributed by atoms with van der Waals surface area (Å²) in [5, 5.41) is 3.19. The molecular weight excluding hydrogens is 180 g/mol. The normalized spacial score (nSPS) is 10.6. The standard InChI is InChI=1S/C9H12N4O/c1-7-2-12-9(14-7)5-10-3-8-4-11-6-13-8/h2,4,6,10H,3,5H2,1H3,(H,11,13). The molecule has 2 aromatic rings. The van der Waals surface area contributed by atoms with E-state index in [0.29, 0.717) is 12.4 Å². The van der Waals surface area contributed by atoms with Crippen molar-refractivity contribution in [1.82, 2.24) is 20.3 Å². The third-order valence-electron chi connectivity index (χ3n) is 1.82. The highest BCUT2D eigenvalue weighted by Crippen LogP contribution is 2.00. The van der Waals surface area contributed by atoms with E-state index in [1.54, 1.807) is 18.7 Å². The molecule has 0 radical (unpaired) electrons. The molecule has 5 nitrogen and oxygen atoms in total. The maximum Gasteiger partial charge on any atom is 0.208 e. The lowest BCUT2D eigenvalue weighted by atomic mass is 10.4. The van der Waals surface area contributed by atoms with Crippen LogP contribution in [0.5, 0.6) is 0 Å². The number of aromatic amines is 1. The second-order valence-corrected chi connectivity index (χ2v) is 3.05. The predicted molar refractivity (Wildman–Crippen MR) is 50.4 cm³/mol. The molecule has 74 valence electrons. The van der Waals surface area contributed by atoms with Crippen LogP contribution in [0.2, 0.25) is 0 Å². The number of rotatable bonds is 4. The molecule has 0 fully saturated rings. The van der Waals surface area contributed by atoms with Crippen LogP contribution < -0.4 is 5.32 Å². The number of oxazole rings is 1. The molecule has 0 saturated heterocycles. The maximum atomic E-state index is 5.30. The number of hydrogen-bond acceptors (Lipinski definition) is 4. The van der Waals surface area contributed by atoms with Gasteiger partial charge in [-0.05, 0) is 6.92 Å². The van der Waals surface area contributed by atoms with Gasteiger partial charge in [-0.3, -0.25) is 0 Å². The van der Waals surface area contributed by atoms with Crippen LogP contribution in [0.1, 0.15) is 17.3 Å². The predicted octanol–water partition coefficient (Wildman–Crippen LogP) is 0.996. The Morgan fingerprint density at radius 3 is 3.00 bits per heavy atom. The molecule has 5 heteroatoms. The Morgan fingerprint density at radius 2 is 2.36 bits per heavy atom. The topological polar surface area (TPSA) is 66.7 Å². The molecule has 2 rings (SSSR count). The van der Waals surface area contributed by atoms with E-state index in [4.69, 9.17) is 4.42 Å². The van der Waals surface area contributed by atoms with Crippen molar-refractivity contribution >= 4 is 0 Å². The minimum atomic E-state index is 0.632. The van der Waals surface area contributed by atoms with Crippen LogP contribution in [-0.4, -0.2) is 15.0 Å². The summed E-state index contributed by atoms with van der Waals surface area (Å²) in [6, 6.07) is 0. The minimum Gasteiger partial charge on any atom is -0.445 e. The van der Waals surface area contributed by atoms with Gasteiger partial charge >= 0.3 is 0 Å². The molecule has 0 aliphatic rings. The van der Waals surface area contributed by atoms with Gasteiger partial charge in [0.2, 0.25) is 5.89 Å². The Labute approximate surface area is 81.6 Å².